The lowest BCUT2D eigenvalue weighted by atomic mass is 10.1. The lowest BCUT2D eigenvalue weighted by Gasteiger charge is -2.14. The SMILES string of the molecule is Cc1cc(S(=O)(=O)NC(C)C)ccc1OCC(=O)Nc1c(C)cc(Br)cc1C. The number of nitrogens with one attached hydrogen (secondary N) is 2. The number of benzene rings is 2. The molecule has 0 aromatic heterocycles. The van der Waals surface area contributed by atoms with Crippen molar-refractivity contribution in [3.8, 4) is 5.75 Å². The van der Waals surface area contributed by atoms with Gasteiger partial charge in [-0.15, -0.1) is 0 Å². The van der Waals surface area contributed by atoms with E-state index in [-0.39, 0.29) is 23.5 Å². The first-order valence-electron chi connectivity index (χ1n) is 8.82. The van der Waals surface area contributed by atoms with Crippen molar-refractivity contribution in [2.45, 2.75) is 45.6 Å². The first-order valence-corrected chi connectivity index (χ1v) is 11.1. The molecule has 0 saturated heterocycles. The van der Waals surface area contributed by atoms with Gasteiger partial charge in [-0.1, -0.05) is 15.9 Å². The van der Waals surface area contributed by atoms with Gasteiger partial charge < -0.3 is 10.1 Å². The molecule has 0 unspecified atom stereocenters. The number of sulfonamides is 1. The van der Waals surface area contributed by atoms with Crippen LogP contribution in [0.3, 0.4) is 0 Å². The van der Waals surface area contributed by atoms with Gasteiger partial charge in [0.1, 0.15) is 5.75 Å². The molecule has 0 aliphatic heterocycles. The molecule has 0 heterocycles. The fraction of sp³-hybridized carbons (Fsp3) is 0.350. The van der Waals surface area contributed by atoms with Crippen LogP contribution in [-0.2, 0) is 14.8 Å². The van der Waals surface area contributed by atoms with Gasteiger partial charge >= 0.3 is 0 Å². The number of hydrogen-bond acceptors (Lipinski definition) is 4. The molecule has 2 aromatic carbocycles. The second kappa shape index (κ2) is 9.07. The van der Waals surface area contributed by atoms with Gasteiger partial charge in [0.2, 0.25) is 10.0 Å². The summed E-state index contributed by atoms with van der Waals surface area (Å²) in [6.45, 7) is 8.92. The van der Waals surface area contributed by atoms with E-state index in [1.54, 1.807) is 26.8 Å². The molecule has 0 radical (unpaired) electrons. The van der Waals surface area contributed by atoms with Gasteiger partial charge in [-0.2, -0.15) is 0 Å². The van der Waals surface area contributed by atoms with Crippen LogP contribution in [-0.4, -0.2) is 27.0 Å². The molecular weight excluding hydrogens is 444 g/mol. The molecule has 0 saturated carbocycles. The third-order valence-electron chi connectivity index (χ3n) is 3.97. The lowest BCUT2D eigenvalue weighted by molar-refractivity contribution is -0.118. The average molecular weight is 469 g/mol. The minimum absolute atomic E-state index is 0.164. The van der Waals surface area contributed by atoms with Crippen LogP contribution in [0.2, 0.25) is 0 Å². The number of rotatable bonds is 7. The number of carbonyl (C=O) groups is 1. The molecule has 152 valence electrons. The molecule has 0 bridgehead atoms. The summed E-state index contributed by atoms with van der Waals surface area (Å²) in [7, 11) is -3.57. The van der Waals surface area contributed by atoms with Crippen molar-refractivity contribution in [1.29, 1.82) is 0 Å². The summed E-state index contributed by atoms with van der Waals surface area (Å²) in [6, 6.07) is 8.22. The van der Waals surface area contributed by atoms with Gasteiger partial charge in [-0.3, -0.25) is 4.79 Å². The van der Waals surface area contributed by atoms with E-state index in [2.05, 4.69) is 26.0 Å². The van der Waals surface area contributed by atoms with Crippen LogP contribution in [0.15, 0.2) is 39.7 Å². The highest BCUT2D eigenvalue weighted by atomic mass is 79.9. The van der Waals surface area contributed by atoms with Crippen molar-refractivity contribution in [2.24, 2.45) is 0 Å². The second-order valence-electron chi connectivity index (χ2n) is 6.95. The quantitative estimate of drug-likeness (QED) is 0.640. The Bertz CT molecular complexity index is 965. The summed E-state index contributed by atoms with van der Waals surface area (Å²) >= 11 is 3.43. The van der Waals surface area contributed by atoms with Gasteiger partial charge in [-0.25, -0.2) is 13.1 Å². The monoisotopic (exact) mass is 468 g/mol. The second-order valence-corrected chi connectivity index (χ2v) is 9.58. The van der Waals surface area contributed by atoms with E-state index < -0.39 is 10.0 Å². The summed E-state index contributed by atoms with van der Waals surface area (Å²) in [5, 5.41) is 2.86. The Morgan fingerprint density at radius 3 is 2.21 bits per heavy atom. The standard InChI is InChI=1S/C20H25BrN2O4S/c1-12(2)23-28(25,26)17-6-7-18(13(3)10-17)27-11-19(24)22-20-14(4)8-16(21)9-15(20)5/h6-10,12,23H,11H2,1-5H3,(H,22,24). The van der Waals surface area contributed by atoms with Crippen molar-refractivity contribution in [3.05, 3.63) is 51.5 Å². The summed E-state index contributed by atoms with van der Waals surface area (Å²) in [4.78, 5) is 12.4. The Balaban J connectivity index is 2.06. The Labute approximate surface area is 174 Å². The fourth-order valence-corrected chi connectivity index (χ4v) is 4.78. The minimum Gasteiger partial charge on any atom is -0.483 e. The molecule has 2 aromatic rings. The topological polar surface area (TPSA) is 84.5 Å². The summed E-state index contributed by atoms with van der Waals surface area (Å²) < 4.78 is 33.6. The molecule has 0 aliphatic rings. The van der Waals surface area contributed by atoms with Crippen molar-refractivity contribution < 1.29 is 17.9 Å². The molecule has 8 heteroatoms. The van der Waals surface area contributed by atoms with Crippen LogP contribution in [0.4, 0.5) is 5.69 Å². The molecule has 1 amide bonds. The molecule has 28 heavy (non-hydrogen) atoms. The zero-order chi connectivity index (χ0) is 21.1. The van der Waals surface area contributed by atoms with Crippen molar-refractivity contribution in [2.75, 3.05) is 11.9 Å². The maximum Gasteiger partial charge on any atom is 0.262 e. The number of amides is 1. The van der Waals surface area contributed by atoms with E-state index in [1.807, 2.05) is 26.0 Å². The number of halogens is 1. The number of ether oxygens (including phenoxy) is 1. The maximum atomic E-state index is 12.3. The molecular formula is C20H25BrN2O4S. The van der Waals surface area contributed by atoms with Gasteiger partial charge in [0, 0.05) is 16.2 Å². The maximum absolute atomic E-state index is 12.3. The first kappa shape index (κ1) is 22.4. The summed E-state index contributed by atoms with van der Waals surface area (Å²) in [5.74, 6) is 0.175. The average Bonchev–Trinajstić information content (AvgIpc) is 2.55. The van der Waals surface area contributed by atoms with Gasteiger partial charge in [0.25, 0.3) is 5.91 Å². The van der Waals surface area contributed by atoms with E-state index in [1.165, 1.54) is 12.1 Å². The van der Waals surface area contributed by atoms with Gasteiger partial charge in [-0.05, 0) is 81.6 Å². The van der Waals surface area contributed by atoms with Gasteiger partial charge in [0.15, 0.2) is 6.61 Å². The van der Waals surface area contributed by atoms with Crippen molar-refractivity contribution in [1.82, 2.24) is 4.72 Å². The normalized spacial score (nSPS) is 11.5. The Hall–Kier alpha value is -1.90. The molecule has 0 atom stereocenters. The van der Waals surface area contributed by atoms with Crippen LogP contribution in [0.5, 0.6) is 5.75 Å². The number of carbonyl (C=O) groups excluding carboxylic acids is 1. The van der Waals surface area contributed by atoms with Crippen LogP contribution >= 0.6 is 15.9 Å². The van der Waals surface area contributed by atoms with Crippen LogP contribution in [0, 0.1) is 20.8 Å². The number of anilines is 1. The minimum atomic E-state index is -3.57. The Kier molecular flexibility index (Phi) is 7.25. The molecule has 2 N–H and O–H groups in total. The Morgan fingerprint density at radius 1 is 1.07 bits per heavy atom. The van der Waals surface area contributed by atoms with Crippen molar-refractivity contribution >= 4 is 37.5 Å². The molecule has 0 fully saturated rings. The molecule has 6 nitrogen and oxygen atoms in total. The highest BCUT2D eigenvalue weighted by Gasteiger charge is 2.17. The van der Waals surface area contributed by atoms with Crippen LogP contribution < -0.4 is 14.8 Å². The van der Waals surface area contributed by atoms with E-state index >= 15 is 0 Å². The van der Waals surface area contributed by atoms with E-state index in [4.69, 9.17) is 4.74 Å². The molecule has 0 aliphatic carbocycles. The smallest absolute Gasteiger partial charge is 0.262 e. The third-order valence-corrected chi connectivity index (χ3v) is 6.08. The highest BCUT2D eigenvalue weighted by molar-refractivity contribution is 9.10. The summed E-state index contributed by atoms with van der Waals surface area (Å²) in [5.41, 5.74) is 3.29. The van der Waals surface area contributed by atoms with Gasteiger partial charge in [0.05, 0.1) is 4.90 Å². The van der Waals surface area contributed by atoms with Crippen LogP contribution in [0.1, 0.15) is 30.5 Å². The fourth-order valence-electron chi connectivity index (χ4n) is 2.76. The predicted molar refractivity (Wildman–Crippen MR) is 114 cm³/mol. The van der Waals surface area contributed by atoms with Crippen LogP contribution in [0.25, 0.3) is 0 Å². The molecule has 2 rings (SSSR count). The predicted octanol–water partition coefficient (Wildman–Crippen LogP) is 4.08. The van der Waals surface area contributed by atoms with E-state index in [0.29, 0.717) is 11.3 Å². The number of aryl methyl sites for hydroxylation is 3. The molecule has 0 spiro atoms. The van der Waals surface area contributed by atoms with E-state index in [9.17, 15) is 13.2 Å². The zero-order valence-corrected chi connectivity index (χ0v) is 19.0. The number of hydrogen-bond donors (Lipinski definition) is 2. The lowest BCUT2D eigenvalue weighted by Crippen LogP contribution is -2.30. The first-order chi connectivity index (χ1) is 13.0. The Morgan fingerprint density at radius 2 is 1.68 bits per heavy atom. The van der Waals surface area contributed by atoms with E-state index in [0.717, 1.165) is 21.3 Å². The highest BCUT2D eigenvalue weighted by Crippen LogP contribution is 2.25. The zero-order valence-electron chi connectivity index (χ0n) is 16.6. The third kappa shape index (κ3) is 5.80. The van der Waals surface area contributed by atoms with Crippen molar-refractivity contribution in [3.63, 3.8) is 0 Å². The largest absolute Gasteiger partial charge is 0.483 e. The summed E-state index contributed by atoms with van der Waals surface area (Å²) in [6.07, 6.45) is 0.